The van der Waals surface area contributed by atoms with Gasteiger partial charge in [0.05, 0.1) is 7.11 Å². The molecule has 0 aromatic heterocycles. The molecule has 0 radical (unpaired) electrons. The van der Waals surface area contributed by atoms with Gasteiger partial charge in [0.25, 0.3) is 0 Å². The number of hydrogen-bond acceptors (Lipinski definition) is 4. The predicted octanol–water partition coefficient (Wildman–Crippen LogP) is 3.20. The average Bonchev–Trinajstić information content (AvgIpc) is 3.34. The Kier molecular flexibility index (Phi) is 4.26. The molecule has 2 aliphatic heterocycles. The summed E-state index contributed by atoms with van der Waals surface area (Å²) < 4.78 is 5.35. The second-order valence-corrected chi connectivity index (χ2v) is 6.73. The third kappa shape index (κ3) is 2.68. The zero-order chi connectivity index (χ0) is 18.1. The highest BCUT2D eigenvalue weighted by molar-refractivity contribution is 6.00. The number of carbonyl (C=O) groups excluding carboxylic acids is 1. The summed E-state index contributed by atoms with van der Waals surface area (Å²) in [5.41, 5.74) is 4.39. The minimum Gasteiger partial charge on any atom is -0.497 e. The van der Waals surface area contributed by atoms with Gasteiger partial charge in [0.15, 0.2) is 6.19 Å². The molecule has 1 atom stereocenters. The number of carbonyl (C=O) groups is 1. The van der Waals surface area contributed by atoms with Gasteiger partial charge in [0.2, 0.25) is 5.91 Å². The molecule has 5 heteroatoms. The zero-order valence-electron chi connectivity index (χ0n) is 14.8. The number of nitriles is 1. The maximum Gasteiger partial charge on any atom is 0.250 e. The van der Waals surface area contributed by atoms with Crippen molar-refractivity contribution >= 4 is 11.6 Å². The van der Waals surface area contributed by atoms with Crippen molar-refractivity contribution < 1.29 is 9.53 Å². The normalized spacial score (nSPS) is 18.5. The van der Waals surface area contributed by atoms with Crippen LogP contribution in [-0.4, -0.2) is 37.0 Å². The summed E-state index contributed by atoms with van der Waals surface area (Å²) in [5, 5.41) is 9.26. The summed E-state index contributed by atoms with van der Waals surface area (Å²) in [6, 6.07) is 13.8. The zero-order valence-corrected chi connectivity index (χ0v) is 14.8. The minimum absolute atomic E-state index is 0.0468. The Hall–Kier alpha value is -3.00. The van der Waals surface area contributed by atoms with Crippen molar-refractivity contribution in [1.82, 2.24) is 4.90 Å². The van der Waals surface area contributed by atoms with Crippen LogP contribution in [0.15, 0.2) is 42.5 Å². The fourth-order valence-electron chi connectivity index (χ4n) is 4.05. The van der Waals surface area contributed by atoms with Crippen molar-refractivity contribution in [2.45, 2.75) is 25.3 Å². The highest BCUT2D eigenvalue weighted by Crippen LogP contribution is 2.38. The van der Waals surface area contributed by atoms with Gasteiger partial charge in [-0.3, -0.25) is 9.69 Å². The highest BCUT2D eigenvalue weighted by atomic mass is 16.5. The van der Waals surface area contributed by atoms with Crippen molar-refractivity contribution in [3.05, 3.63) is 48.0 Å². The summed E-state index contributed by atoms with van der Waals surface area (Å²) in [6.07, 6.45) is 4.65. The first-order valence-electron chi connectivity index (χ1n) is 8.97. The monoisotopic (exact) mass is 347 g/mol. The number of rotatable bonds is 3. The van der Waals surface area contributed by atoms with E-state index in [2.05, 4.69) is 18.3 Å². The molecule has 1 unspecified atom stereocenters. The molecule has 2 aromatic carbocycles. The Morgan fingerprint density at radius 3 is 2.88 bits per heavy atom. The molecule has 5 nitrogen and oxygen atoms in total. The van der Waals surface area contributed by atoms with Gasteiger partial charge in [-0.25, -0.2) is 0 Å². The lowest BCUT2D eigenvalue weighted by molar-refractivity contribution is -0.121. The fourth-order valence-corrected chi connectivity index (χ4v) is 4.05. The first-order chi connectivity index (χ1) is 12.7. The van der Waals surface area contributed by atoms with E-state index in [4.69, 9.17) is 4.74 Å². The van der Waals surface area contributed by atoms with Gasteiger partial charge in [-0.05, 0) is 54.2 Å². The van der Waals surface area contributed by atoms with Gasteiger partial charge in [-0.2, -0.15) is 5.26 Å². The van der Waals surface area contributed by atoms with E-state index in [-0.39, 0.29) is 11.9 Å². The molecule has 26 heavy (non-hydrogen) atoms. The summed E-state index contributed by atoms with van der Waals surface area (Å²) >= 11 is 0. The van der Waals surface area contributed by atoms with Crippen LogP contribution < -0.4 is 9.64 Å². The third-order valence-electron chi connectivity index (χ3n) is 5.34. The highest BCUT2D eigenvalue weighted by Gasteiger charge is 2.36. The number of likely N-dealkylation sites (tertiary alicyclic amines) is 1. The molecule has 0 bridgehead atoms. The van der Waals surface area contributed by atoms with E-state index >= 15 is 0 Å². The Morgan fingerprint density at radius 1 is 1.23 bits per heavy atom. The van der Waals surface area contributed by atoms with Crippen molar-refractivity contribution in [1.29, 1.82) is 5.26 Å². The lowest BCUT2D eigenvalue weighted by Gasteiger charge is -2.25. The number of anilines is 1. The maximum absolute atomic E-state index is 13.0. The molecule has 0 saturated carbocycles. The third-order valence-corrected chi connectivity index (χ3v) is 5.34. The topological polar surface area (TPSA) is 56.6 Å². The van der Waals surface area contributed by atoms with Gasteiger partial charge in [0.1, 0.15) is 11.8 Å². The van der Waals surface area contributed by atoms with Gasteiger partial charge in [-0.1, -0.05) is 24.3 Å². The number of benzene rings is 2. The van der Waals surface area contributed by atoms with E-state index in [0.717, 1.165) is 41.8 Å². The summed E-state index contributed by atoms with van der Waals surface area (Å²) in [5.74, 6) is 0.868. The lowest BCUT2D eigenvalue weighted by Crippen LogP contribution is -2.43. The second-order valence-electron chi connectivity index (χ2n) is 6.73. The van der Waals surface area contributed by atoms with Crippen LogP contribution >= 0.6 is 0 Å². The molecule has 2 aliphatic rings. The average molecular weight is 347 g/mol. The van der Waals surface area contributed by atoms with E-state index in [9.17, 15) is 10.1 Å². The van der Waals surface area contributed by atoms with Crippen LogP contribution in [0.4, 0.5) is 5.69 Å². The SMILES string of the molecule is COc1cccc(-c2cccc3c2CCN3C(=O)C2CCCN2C#N)c1. The van der Waals surface area contributed by atoms with Crippen molar-refractivity contribution in [3.63, 3.8) is 0 Å². The number of nitrogens with zero attached hydrogens (tertiary/aromatic N) is 3. The Labute approximate surface area is 153 Å². The maximum atomic E-state index is 13.0. The number of fused-ring (bicyclic) bond motifs is 1. The largest absolute Gasteiger partial charge is 0.497 e. The molecule has 0 spiro atoms. The Morgan fingerprint density at radius 2 is 2.08 bits per heavy atom. The molecule has 1 saturated heterocycles. The molecule has 0 N–H and O–H groups in total. The summed E-state index contributed by atoms with van der Waals surface area (Å²) in [4.78, 5) is 16.5. The number of amides is 1. The van der Waals surface area contributed by atoms with Gasteiger partial charge in [-0.15, -0.1) is 0 Å². The summed E-state index contributed by atoms with van der Waals surface area (Å²) in [6.45, 7) is 1.35. The van der Waals surface area contributed by atoms with Gasteiger partial charge in [0, 0.05) is 18.8 Å². The second kappa shape index (κ2) is 6.72. The Bertz CT molecular complexity index is 887. The van der Waals surface area contributed by atoms with Crippen LogP contribution in [0.2, 0.25) is 0 Å². The number of ether oxygens (including phenoxy) is 1. The molecule has 132 valence electrons. The first kappa shape index (κ1) is 16.5. The molecule has 2 heterocycles. The molecular weight excluding hydrogens is 326 g/mol. The van der Waals surface area contributed by atoms with E-state index in [1.807, 2.05) is 35.2 Å². The molecule has 0 aliphatic carbocycles. The molecule has 1 amide bonds. The fraction of sp³-hybridized carbons (Fsp3) is 0.333. The van der Waals surface area contributed by atoms with Gasteiger partial charge < -0.3 is 9.64 Å². The summed E-state index contributed by atoms with van der Waals surface area (Å²) in [7, 11) is 1.66. The van der Waals surface area contributed by atoms with Crippen LogP contribution in [-0.2, 0) is 11.2 Å². The smallest absolute Gasteiger partial charge is 0.250 e. The van der Waals surface area contributed by atoms with E-state index < -0.39 is 0 Å². The number of hydrogen-bond donors (Lipinski definition) is 0. The van der Waals surface area contributed by atoms with E-state index in [0.29, 0.717) is 13.1 Å². The first-order valence-corrected chi connectivity index (χ1v) is 8.97. The van der Waals surface area contributed by atoms with E-state index in [1.54, 1.807) is 12.0 Å². The van der Waals surface area contributed by atoms with Gasteiger partial charge >= 0.3 is 0 Å². The predicted molar refractivity (Wildman–Crippen MR) is 99.8 cm³/mol. The number of methoxy groups -OCH3 is 1. The minimum atomic E-state index is -0.313. The molecule has 1 fully saturated rings. The van der Waals surface area contributed by atoms with Crippen LogP contribution in [0.5, 0.6) is 5.75 Å². The molecular formula is C21H21N3O2. The lowest BCUT2D eigenvalue weighted by atomic mass is 9.97. The van der Waals surface area contributed by atoms with E-state index in [1.165, 1.54) is 5.56 Å². The van der Waals surface area contributed by atoms with Crippen LogP contribution in [0.25, 0.3) is 11.1 Å². The standard InChI is InChI=1S/C21H21N3O2/c1-26-16-6-2-5-15(13-16)17-7-3-8-19-18(17)10-12-24(19)21(25)20-9-4-11-23(20)14-22/h2-3,5-8,13,20H,4,9-12H2,1H3. The van der Waals surface area contributed by atoms with Crippen LogP contribution in [0.1, 0.15) is 18.4 Å². The van der Waals surface area contributed by atoms with Crippen molar-refractivity contribution in [2.75, 3.05) is 25.1 Å². The van der Waals surface area contributed by atoms with Crippen molar-refractivity contribution in [2.24, 2.45) is 0 Å². The van der Waals surface area contributed by atoms with Crippen molar-refractivity contribution in [3.8, 4) is 23.1 Å². The van der Waals surface area contributed by atoms with Crippen LogP contribution in [0, 0.1) is 11.5 Å². The van der Waals surface area contributed by atoms with Crippen LogP contribution in [0.3, 0.4) is 0 Å². The quantitative estimate of drug-likeness (QED) is 0.800. The Balaban J connectivity index is 1.68. The molecule has 4 rings (SSSR count). The molecule has 2 aromatic rings.